The first-order valence-corrected chi connectivity index (χ1v) is 6.59. The van der Waals surface area contributed by atoms with Crippen molar-refractivity contribution in [2.24, 2.45) is 0 Å². The lowest BCUT2D eigenvalue weighted by atomic mass is 10.0. The number of ether oxygens (including phenoxy) is 1. The Labute approximate surface area is 110 Å². The van der Waals surface area contributed by atoms with E-state index in [4.69, 9.17) is 4.74 Å². The van der Waals surface area contributed by atoms with Crippen LogP contribution >= 0.6 is 11.3 Å². The summed E-state index contributed by atoms with van der Waals surface area (Å²) >= 11 is 1.60. The monoisotopic (exact) mass is 265 g/mol. The largest absolute Gasteiger partial charge is 0.496 e. The fourth-order valence-corrected chi connectivity index (χ4v) is 3.06. The van der Waals surface area contributed by atoms with E-state index in [0.29, 0.717) is 0 Å². The van der Waals surface area contributed by atoms with Crippen LogP contribution in [0.5, 0.6) is 5.75 Å². The van der Waals surface area contributed by atoms with Gasteiger partial charge in [0.1, 0.15) is 11.6 Å². The van der Waals surface area contributed by atoms with E-state index in [-0.39, 0.29) is 11.9 Å². The number of hydrogen-bond donors (Lipinski definition) is 1. The van der Waals surface area contributed by atoms with Gasteiger partial charge in [0, 0.05) is 0 Å². The minimum Gasteiger partial charge on any atom is -0.496 e. The highest BCUT2D eigenvalue weighted by molar-refractivity contribution is 7.10. The fraction of sp³-hybridized carbons (Fsp3) is 0.286. The molecule has 0 saturated heterocycles. The summed E-state index contributed by atoms with van der Waals surface area (Å²) in [5, 5.41) is 5.19. The fourth-order valence-electron chi connectivity index (χ4n) is 2.07. The van der Waals surface area contributed by atoms with Crippen LogP contribution in [0.15, 0.2) is 29.6 Å². The maximum Gasteiger partial charge on any atom is 0.134 e. The van der Waals surface area contributed by atoms with E-state index < -0.39 is 0 Å². The molecule has 2 aromatic rings. The van der Waals surface area contributed by atoms with E-state index in [0.717, 1.165) is 21.8 Å². The van der Waals surface area contributed by atoms with Gasteiger partial charge in [-0.3, -0.25) is 0 Å². The maximum atomic E-state index is 13.5. The molecule has 0 radical (unpaired) electrons. The standard InChI is InChI=1S/C14H16FNOS/c1-9-6-10(8-11(15)7-9)13(16-2)14-12(17-3)4-5-18-14/h4-8,13,16H,1-3H3. The van der Waals surface area contributed by atoms with Crippen LogP contribution in [0.4, 0.5) is 4.39 Å². The Morgan fingerprint density at radius 2 is 2.11 bits per heavy atom. The van der Waals surface area contributed by atoms with Crippen LogP contribution in [-0.4, -0.2) is 14.2 Å². The van der Waals surface area contributed by atoms with Crippen molar-refractivity contribution in [2.45, 2.75) is 13.0 Å². The molecule has 1 aromatic carbocycles. The number of halogens is 1. The van der Waals surface area contributed by atoms with Gasteiger partial charge in [-0.2, -0.15) is 0 Å². The normalized spacial score (nSPS) is 12.4. The van der Waals surface area contributed by atoms with Crippen LogP contribution in [0.3, 0.4) is 0 Å². The van der Waals surface area contributed by atoms with E-state index in [9.17, 15) is 4.39 Å². The SMILES string of the molecule is CNC(c1cc(C)cc(F)c1)c1sccc1OC. The van der Waals surface area contributed by atoms with E-state index in [1.54, 1.807) is 24.5 Å². The van der Waals surface area contributed by atoms with Crippen molar-refractivity contribution in [2.75, 3.05) is 14.2 Å². The molecule has 1 aromatic heterocycles. The average molecular weight is 265 g/mol. The van der Waals surface area contributed by atoms with Gasteiger partial charge in [-0.15, -0.1) is 11.3 Å². The quantitative estimate of drug-likeness (QED) is 0.913. The van der Waals surface area contributed by atoms with Crippen molar-refractivity contribution in [1.29, 1.82) is 0 Å². The summed E-state index contributed by atoms with van der Waals surface area (Å²) in [7, 11) is 3.51. The lowest BCUT2D eigenvalue weighted by Crippen LogP contribution is -2.17. The van der Waals surface area contributed by atoms with Gasteiger partial charge in [-0.25, -0.2) is 4.39 Å². The molecule has 0 aliphatic rings. The molecule has 96 valence electrons. The summed E-state index contributed by atoms with van der Waals surface area (Å²) in [5.74, 6) is 0.627. The van der Waals surface area contributed by atoms with Crippen molar-refractivity contribution in [3.05, 3.63) is 51.5 Å². The Bertz CT molecular complexity index is 518. The van der Waals surface area contributed by atoms with Gasteiger partial charge in [0.05, 0.1) is 18.0 Å². The third kappa shape index (κ3) is 2.54. The highest BCUT2D eigenvalue weighted by atomic mass is 32.1. The average Bonchev–Trinajstić information content (AvgIpc) is 2.77. The minimum atomic E-state index is -0.208. The van der Waals surface area contributed by atoms with Crippen LogP contribution in [0.25, 0.3) is 0 Å². The zero-order valence-corrected chi connectivity index (χ0v) is 11.5. The zero-order valence-electron chi connectivity index (χ0n) is 10.7. The summed E-state index contributed by atoms with van der Waals surface area (Å²) in [6.45, 7) is 1.89. The summed E-state index contributed by atoms with van der Waals surface area (Å²) in [6.07, 6.45) is 0. The van der Waals surface area contributed by atoms with E-state index >= 15 is 0 Å². The van der Waals surface area contributed by atoms with Gasteiger partial charge in [0.2, 0.25) is 0 Å². The van der Waals surface area contributed by atoms with Crippen molar-refractivity contribution < 1.29 is 9.13 Å². The molecular weight excluding hydrogens is 249 g/mol. The Balaban J connectivity index is 2.45. The number of hydrogen-bond acceptors (Lipinski definition) is 3. The number of rotatable bonds is 4. The number of benzene rings is 1. The second-order valence-corrected chi connectivity index (χ2v) is 5.08. The highest BCUT2D eigenvalue weighted by Crippen LogP contribution is 2.34. The van der Waals surface area contributed by atoms with Gasteiger partial charge in [-0.05, 0) is 48.7 Å². The first kappa shape index (κ1) is 13.1. The van der Waals surface area contributed by atoms with Gasteiger partial charge in [0.25, 0.3) is 0 Å². The van der Waals surface area contributed by atoms with Crippen LogP contribution in [-0.2, 0) is 0 Å². The molecule has 1 atom stereocenters. The Morgan fingerprint density at radius 1 is 1.33 bits per heavy atom. The lowest BCUT2D eigenvalue weighted by Gasteiger charge is -2.17. The molecule has 2 nitrogen and oxygen atoms in total. The van der Waals surface area contributed by atoms with Gasteiger partial charge < -0.3 is 10.1 Å². The Kier molecular flexibility index (Phi) is 3.99. The number of methoxy groups -OCH3 is 1. The minimum absolute atomic E-state index is 0.0469. The smallest absolute Gasteiger partial charge is 0.134 e. The number of thiophene rings is 1. The molecule has 0 amide bonds. The molecule has 4 heteroatoms. The molecule has 1 unspecified atom stereocenters. The Morgan fingerprint density at radius 3 is 2.72 bits per heavy atom. The molecule has 1 heterocycles. The predicted molar refractivity (Wildman–Crippen MR) is 72.9 cm³/mol. The lowest BCUT2D eigenvalue weighted by molar-refractivity contribution is 0.408. The maximum absolute atomic E-state index is 13.5. The van der Waals surface area contributed by atoms with Crippen molar-refractivity contribution >= 4 is 11.3 Å². The van der Waals surface area contributed by atoms with Crippen molar-refractivity contribution in [1.82, 2.24) is 5.32 Å². The molecule has 0 saturated carbocycles. The van der Waals surface area contributed by atoms with Gasteiger partial charge in [-0.1, -0.05) is 6.07 Å². The molecule has 18 heavy (non-hydrogen) atoms. The molecule has 0 fully saturated rings. The molecule has 1 N–H and O–H groups in total. The third-order valence-electron chi connectivity index (χ3n) is 2.83. The number of aryl methyl sites for hydroxylation is 1. The van der Waals surface area contributed by atoms with Crippen molar-refractivity contribution in [3.63, 3.8) is 0 Å². The van der Waals surface area contributed by atoms with E-state index in [1.165, 1.54) is 6.07 Å². The summed E-state index contributed by atoms with van der Waals surface area (Å²) in [6, 6.07) is 6.96. The van der Waals surface area contributed by atoms with E-state index in [1.807, 2.05) is 31.5 Å². The topological polar surface area (TPSA) is 21.3 Å². The van der Waals surface area contributed by atoms with Crippen LogP contribution < -0.4 is 10.1 Å². The third-order valence-corrected chi connectivity index (χ3v) is 3.79. The molecule has 0 spiro atoms. The molecule has 0 bridgehead atoms. The molecule has 2 rings (SSSR count). The molecule has 0 aliphatic heterocycles. The van der Waals surface area contributed by atoms with Crippen LogP contribution in [0.2, 0.25) is 0 Å². The van der Waals surface area contributed by atoms with E-state index in [2.05, 4.69) is 5.32 Å². The predicted octanol–water partition coefficient (Wildman–Crippen LogP) is 3.51. The van der Waals surface area contributed by atoms with Crippen LogP contribution in [0, 0.1) is 12.7 Å². The first-order valence-electron chi connectivity index (χ1n) is 5.71. The van der Waals surface area contributed by atoms with Gasteiger partial charge >= 0.3 is 0 Å². The molecule has 0 aliphatic carbocycles. The summed E-state index contributed by atoms with van der Waals surface area (Å²) in [4.78, 5) is 1.06. The summed E-state index contributed by atoms with van der Waals surface area (Å²) < 4.78 is 18.8. The number of nitrogens with one attached hydrogen (secondary N) is 1. The van der Waals surface area contributed by atoms with Crippen molar-refractivity contribution in [3.8, 4) is 5.75 Å². The second-order valence-electron chi connectivity index (χ2n) is 4.14. The first-order chi connectivity index (χ1) is 8.65. The second kappa shape index (κ2) is 5.50. The Hall–Kier alpha value is -1.39. The van der Waals surface area contributed by atoms with Gasteiger partial charge in [0.15, 0.2) is 0 Å². The highest BCUT2D eigenvalue weighted by Gasteiger charge is 2.18. The van der Waals surface area contributed by atoms with Crippen LogP contribution in [0.1, 0.15) is 22.0 Å². The zero-order chi connectivity index (χ0) is 13.1. The molecular formula is C14H16FNOS. The summed E-state index contributed by atoms with van der Waals surface area (Å²) in [5.41, 5.74) is 1.83.